The molecule has 0 spiro atoms. The van der Waals surface area contributed by atoms with Gasteiger partial charge in [0.15, 0.2) is 5.78 Å². The largest absolute Gasteiger partial charge is 0.397 e. The van der Waals surface area contributed by atoms with Crippen LogP contribution >= 0.6 is 0 Å². The topological polar surface area (TPSA) is 103 Å². The molecule has 0 saturated carbocycles. The van der Waals surface area contributed by atoms with Crippen molar-refractivity contribution in [3.8, 4) is 0 Å². The number of carbonyl (C=O) groups excluding carboxylic acids is 1. The van der Waals surface area contributed by atoms with Gasteiger partial charge in [-0.2, -0.15) is 5.53 Å². The molecule has 0 aromatic heterocycles. The van der Waals surface area contributed by atoms with Gasteiger partial charge in [0.05, 0.1) is 17.1 Å². The Morgan fingerprint density at radius 3 is 2.80 bits per heavy atom. The van der Waals surface area contributed by atoms with Crippen LogP contribution in [-0.4, -0.2) is 5.78 Å². The lowest BCUT2D eigenvalue weighted by atomic mass is 9.79. The number of nitrogens with zero attached hydrogens (tertiary/aromatic N) is 1. The number of nitrogens with two attached hydrogens (primary N) is 1. The zero-order valence-corrected chi connectivity index (χ0v) is 11.9. The molecule has 5 N–H and O–H groups in total. The highest BCUT2D eigenvalue weighted by Gasteiger charge is 2.28. The molecule has 0 aliphatic heterocycles. The lowest BCUT2D eigenvalue weighted by Gasteiger charge is -2.31. The van der Waals surface area contributed by atoms with Crippen LogP contribution in [0.4, 0.5) is 0 Å². The van der Waals surface area contributed by atoms with Gasteiger partial charge in [0, 0.05) is 18.2 Å². The fraction of sp³-hybridized carbons (Fsp3) is 0.500. The molecule has 0 bridgehead atoms. The van der Waals surface area contributed by atoms with Crippen LogP contribution in [0.1, 0.15) is 39.5 Å². The lowest BCUT2D eigenvalue weighted by molar-refractivity contribution is -0.117. The van der Waals surface area contributed by atoms with Crippen LogP contribution in [0.3, 0.4) is 0 Å². The van der Waals surface area contributed by atoms with Crippen LogP contribution in [0, 0.1) is 10.9 Å². The standard InChI is InChI=1S/C14H21N5O/c1-14(2)7-9(6-10(20)8-14)17-13-11(15)4-3-5-12(13)18-19-16/h4,6,17H,3,5,7-8,15H2,1-2H3,(H2,16,18). The van der Waals surface area contributed by atoms with Crippen LogP contribution in [0.5, 0.6) is 0 Å². The average Bonchev–Trinajstić information content (AvgIpc) is 2.31. The van der Waals surface area contributed by atoms with Gasteiger partial charge in [-0.1, -0.05) is 25.1 Å². The second kappa shape index (κ2) is 5.48. The fourth-order valence-electron chi connectivity index (χ4n) is 2.69. The van der Waals surface area contributed by atoms with Gasteiger partial charge in [0.2, 0.25) is 0 Å². The van der Waals surface area contributed by atoms with Crippen LogP contribution < -0.4 is 16.5 Å². The second-order valence-corrected chi connectivity index (χ2v) is 6.05. The number of allylic oxidation sites excluding steroid dienone is 4. The Kier molecular flexibility index (Phi) is 3.92. The van der Waals surface area contributed by atoms with Crippen molar-refractivity contribution < 1.29 is 4.79 Å². The molecule has 108 valence electrons. The molecule has 0 aromatic carbocycles. The van der Waals surface area contributed by atoms with Crippen molar-refractivity contribution in [1.82, 2.24) is 10.7 Å². The molecule has 2 aliphatic carbocycles. The van der Waals surface area contributed by atoms with E-state index < -0.39 is 0 Å². The number of hydrogen-bond acceptors (Lipinski definition) is 5. The Bertz CT molecular complexity index is 528. The van der Waals surface area contributed by atoms with Crippen molar-refractivity contribution in [2.45, 2.75) is 39.5 Å². The van der Waals surface area contributed by atoms with E-state index in [-0.39, 0.29) is 11.2 Å². The van der Waals surface area contributed by atoms with E-state index >= 15 is 0 Å². The molecule has 6 heteroatoms. The number of rotatable bonds is 4. The van der Waals surface area contributed by atoms with Gasteiger partial charge < -0.3 is 11.1 Å². The van der Waals surface area contributed by atoms with Gasteiger partial charge in [0.1, 0.15) is 0 Å². The zero-order chi connectivity index (χ0) is 14.8. The molecule has 0 heterocycles. The van der Waals surface area contributed by atoms with Gasteiger partial charge in [0.25, 0.3) is 0 Å². The number of nitrogens with one attached hydrogen (secondary N) is 3. The number of hydrogen-bond donors (Lipinski definition) is 4. The highest BCUT2D eigenvalue weighted by atomic mass is 16.1. The fourth-order valence-corrected chi connectivity index (χ4v) is 2.69. The maximum absolute atomic E-state index is 11.8. The van der Waals surface area contributed by atoms with E-state index in [1.807, 2.05) is 6.08 Å². The normalized spacial score (nSPS) is 22.0. The van der Waals surface area contributed by atoms with Crippen molar-refractivity contribution in [3.63, 3.8) is 0 Å². The van der Waals surface area contributed by atoms with E-state index in [4.69, 9.17) is 11.3 Å². The first kappa shape index (κ1) is 14.3. The molecule has 0 amide bonds. The van der Waals surface area contributed by atoms with Crippen molar-refractivity contribution in [1.29, 1.82) is 5.53 Å². The van der Waals surface area contributed by atoms with Crippen LogP contribution in [0.2, 0.25) is 0 Å². The Labute approximate surface area is 118 Å². The van der Waals surface area contributed by atoms with Crippen molar-refractivity contribution in [3.05, 3.63) is 34.9 Å². The molecule has 0 aromatic rings. The van der Waals surface area contributed by atoms with Gasteiger partial charge >= 0.3 is 0 Å². The summed E-state index contributed by atoms with van der Waals surface area (Å²) in [5.74, 6) is 0.127. The van der Waals surface area contributed by atoms with E-state index in [0.29, 0.717) is 12.1 Å². The number of ketones is 1. The highest BCUT2D eigenvalue weighted by Crippen LogP contribution is 2.33. The third-order valence-corrected chi connectivity index (χ3v) is 3.48. The third-order valence-electron chi connectivity index (χ3n) is 3.48. The summed E-state index contributed by atoms with van der Waals surface area (Å²) >= 11 is 0. The van der Waals surface area contributed by atoms with Gasteiger partial charge in [-0.05, 0) is 24.7 Å². The molecule has 6 nitrogen and oxygen atoms in total. The van der Waals surface area contributed by atoms with E-state index in [1.54, 1.807) is 6.08 Å². The zero-order valence-electron chi connectivity index (χ0n) is 11.9. The van der Waals surface area contributed by atoms with Gasteiger partial charge in [-0.25, -0.2) is 0 Å². The smallest absolute Gasteiger partial charge is 0.157 e. The molecule has 0 atom stereocenters. The second-order valence-electron chi connectivity index (χ2n) is 6.05. The van der Waals surface area contributed by atoms with Crippen molar-refractivity contribution in [2.24, 2.45) is 16.4 Å². The molecule has 2 aliphatic rings. The van der Waals surface area contributed by atoms with Gasteiger partial charge in [-0.3, -0.25) is 10.2 Å². The summed E-state index contributed by atoms with van der Waals surface area (Å²) in [4.78, 5) is 11.8. The molecule has 0 fully saturated rings. The summed E-state index contributed by atoms with van der Waals surface area (Å²) in [5, 5.41) is 6.46. The molecule has 0 saturated heterocycles. The average molecular weight is 275 g/mol. The Balaban J connectivity index is 2.25. The van der Waals surface area contributed by atoms with Crippen molar-refractivity contribution >= 4 is 5.78 Å². The summed E-state index contributed by atoms with van der Waals surface area (Å²) in [6.07, 6.45) is 6.51. The quantitative estimate of drug-likeness (QED) is 0.466. The summed E-state index contributed by atoms with van der Waals surface area (Å²) < 4.78 is 0. The Morgan fingerprint density at radius 1 is 1.40 bits per heavy atom. The molecular weight excluding hydrogens is 254 g/mol. The Hall–Kier alpha value is -2.11. The molecular formula is C14H21N5O. The molecule has 0 radical (unpaired) electrons. The molecule has 20 heavy (non-hydrogen) atoms. The maximum atomic E-state index is 11.8. The van der Waals surface area contributed by atoms with Crippen LogP contribution in [-0.2, 0) is 4.79 Å². The van der Waals surface area contributed by atoms with Crippen LogP contribution in [0.25, 0.3) is 0 Å². The third kappa shape index (κ3) is 3.26. The van der Waals surface area contributed by atoms with Crippen LogP contribution in [0.15, 0.2) is 40.2 Å². The highest BCUT2D eigenvalue weighted by molar-refractivity contribution is 5.91. The number of carbonyl (C=O) groups is 1. The minimum Gasteiger partial charge on any atom is -0.397 e. The predicted octanol–water partition coefficient (Wildman–Crippen LogP) is 2.23. The summed E-state index contributed by atoms with van der Waals surface area (Å²) in [7, 11) is 0. The van der Waals surface area contributed by atoms with E-state index in [2.05, 4.69) is 29.8 Å². The first-order chi connectivity index (χ1) is 9.41. The monoisotopic (exact) mass is 275 g/mol. The van der Waals surface area contributed by atoms with E-state index in [1.165, 1.54) is 0 Å². The molecule has 2 rings (SSSR count). The summed E-state index contributed by atoms with van der Waals surface area (Å²) in [6.45, 7) is 4.15. The van der Waals surface area contributed by atoms with Crippen molar-refractivity contribution in [2.75, 3.05) is 0 Å². The Morgan fingerprint density at radius 2 is 2.15 bits per heavy atom. The SMILES string of the molecule is CC1(C)CC(=O)C=C(NC2=C(NN=N)CCC=C2N)C1. The van der Waals surface area contributed by atoms with E-state index in [0.717, 1.165) is 36.4 Å². The predicted molar refractivity (Wildman–Crippen MR) is 76.1 cm³/mol. The first-order valence-electron chi connectivity index (χ1n) is 6.73. The van der Waals surface area contributed by atoms with Gasteiger partial charge in [-0.15, -0.1) is 0 Å². The first-order valence-corrected chi connectivity index (χ1v) is 6.73. The summed E-state index contributed by atoms with van der Waals surface area (Å²) in [6, 6.07) is 0. The summed E-state index contributed by atoms with van der Waals surface area (Å²) in [5.41, 5.74) is 18.6. The lowest BCUT2D eigenvalue weighted by Crippen LogP contribution is -2.31. The molecule has 0 unspecified atom stereocenters. The van der Waals surface area contributed by atoms with E-state index in [9.17, 15) is 4.79 Å². The minimum atomic E-state index is -0.0464. The minimum absolute atomic E-state index is 0.0464. The maximum Gasteiger partial charge on any atom is 0.157 e.